The average molecular weight is 472 g/mol. The third-order valence-electron chi connectivity index (χ3n) is 2.78. The van der Waals surface area contributed by atoms with Crippen molar-refractivity contribution in [1.82, 2.24) is 0 Å². The molecule has 0 aliphatic heterocycles. The van der Waals surface area contributed by atoms with Gasteiger partial charge in [-0.15, -0.1) is 0 Å². The van der Waals surface area contributed by atoms with Crippen LogP contribution in [0.4, 0.5) is 0 Å². The van der Waals surface area contributed by atoms with Crippen LogP contribution in [0.5, 0.6) is 0 Å². The van der Waals surface area contributed by atoms with Crippen LogP contribution in [0, 0.1) is 3.57 Å². The third-order valence-corrected chi connectivity index (χ3v) is 4.96. The molecule has 0 saturated carbocycles. The highest BCUT2D eigenvalue weighted by atomic mass is 127. The Labute approximate surface area is 144 Å². The van der Waals surface area contributed by atoms with Gasteiger partial charge in [-0.25, -0.2) is 0 Å². The first-order chi connectivity index (χ1) is 8.99. The smallest absolute Gasteiger partial charge is 0.0842 e. The van der Waals surface area contributed by atoms with E-state index in [0.29, 0.717) is 16.5 Å². The highest BCUT2D eigenvalue weighted by Crippen LogP contribution is 2.31. The Hall–Kier alpha value is 0.190. The molecule has 100 valence electrons. The van der Waals surface area contributed by atoms with Gasteiger partial charge in [-0.05, 0) is 64.0 Å². The summed E-state index contributed by atoms with van der Waals surface area (Å²) in [6.07, 6.45) is -0.243. The van der Waals surface area contributed by atoms with Crippen molar-refractivity contribution in [3.05, 3.63) is 65.6 Å². The first-order valence-electron chi connectivity index (χ1n) is 5.55. The van der Waals surface area contributed by atoms with Gasteiger partial charge in [-0.2, -0.15) is 0 Å². The van der Waals surface area contributed by atoms with Crippen LogP contribution in [-0.4, -0.2) is 5.11 Å². The molecule has 1 unspecified atom stereocenters. The van der Waals surface area contributed by atoms with Gasteiger partial charge in [0.2, 0.25) is 0 Å². The highest BCUT2D eigenvalue weighted by Gasteiger charge is 2.16. The molecule has 0 aliphatic rings. The highest BCUT2D eigenvalue weighted by molar-refractivity contribution is 14.1. The largest absolute Gasteiger partial charge is 0.388 e. The zero-order chi connectivity index (χ0) is 14.0. The van der Waals surface area contributed by atoms with Crippen LogP contribution >= 0.6 is 61.7 Å². The average Bonchev–Trinajstić information content (AvgIpc) is 2.37. The maximum atomic E-state index is 10.4. The molecule has 2 rings (SSSR count). The van der Waals surface area contributed by atoms with Gasteiger partial charge < -0.3 is 5.11 Å². The molecule has 19 heavy (non-hydrogen) atoms. The number of aliphatic hydroxyl groups excluding tert-OH is 1. The Kier molecular flexibility index (Phi) is 5.55. The molecule has 0 aromatic heterocycles. The lowest BCUT2D eigenvalue weighted by Gasteiger charge is -2.15. The normalized spacial score (nSPS) is 12.5. The van der Waals surface area contributed by atoms with E-state index in [2.05, 4.69) is 38.5 Å². The summed E-state index contributed by atoms with van der Waals surface area (Å²) >= 11 is 17.9. The molecule has 1 atom stereocenters. The second kappa shape index (κ2) is 6.76. The Bertz CT molecular complexity index is 584. The number of rotatable bonds is 3. The first-order valence-corrected chi connectivity index (χ1v) is 8.17. The Morgan fingerprint density at radius 2 is 1.79 bits per heavy atom. The maximum Gasteiger partial charge on any atom is 0.0842 e. The second-order valence-electron chi connectivity index (χ2n) is 4.09. The molecule has 0 saturated heterocycles. The minimum Gasteiger partial charge on any atom is -0.388 e. The summed E-state index contributed by atoms with van der Waals surface area (Å²) in [5, 5.41) is 11.5. The van der Waals surface area contributed by atoms with Crippen molar-refractivity contribution in [3.8, 4) is 0 Å². The molecule has 0 heterocycles. The lowest BCUT2D eigenvalue weighted by molar-refractivity contribution is 0.177. The monoisotopic (exact) mass is 470 g/mol. The van der Waals surface area contributed by atoms with Crippen molar-refractivity contribution in [2.45, 2.75) is 12.5 Å². The van der Waals surface area contributed by atoms with Gasteiger partial charge in [0.05, 0.1) is 6.10 Å². The molecule has 0 aliphatic carbocycles. The zero-order valence-corrected chi connectivity index (χ0v) is 15.0. The topological polar surface area (TPSA) is 20.2 Å². The lowest BCUT2D eigenvalue weighted by Crippen LogP contribution is -2.05. The van der Waals surface area contributed by atoms with Crippen molar-refractivity contribution < 1.29 is 5.11 Å². The summed E-state index contributed by atoms with van der Waals surface area (Å²) in [7, 11) is 0. The lowest BCUT2D eigenvalue weighted by atomic mass is 10.0. The van der Waals surface area contributed by atoms with Gasteiger partial charge in [0.15, 0.2) is 0 Å². The van der Waals surface area contributed by atoms with Crippen LogP contribution in [0.25, 0.3) is 0 Å². The minimum absolute atomic E-state index is 0.394. The number of aliphatic hydroxyl groups is 1. The van der Waals surface area contributed by atoms with Crippen LogP contribution in [0.15, 0.2) is 40.9 Å². The van der Waals surface area contributed by atoms with Crippen LogP contribution in [0.3, 0.4) is 0 Å². The maximum absolute atomic E-state index is 10.4. The van der Waals surface area contributed by atoms with Gasteiger partial charge in [0.25, 0.3) is 0 Å². The summed E-state index contributed by atoms with van der Waals surface area (Å²) in [6, 6.07) is 11.2. The van der Waals surface area contributed by atoms with E-state index in [9.17, 15) is 5.11 Å². The van der Waals surface area contributed by atoms with Gasteiger partial charge in [-0.3, -0.25) is 0 Å². The molecular weight excluding hydrogens is 462 g/mol. The van der Waals surface area contributed by atoms with Gasteiger partial charge in [0.1, 0.15) is 0 Å². The first kappa shape index (κ1) is 15.6. The fourth-order valence-corrected chi connectivity index (χ4v) is 3.43. The fourth-order valence-electron chi connectivity index (χ4n) is 1.80. The molecular formula is C14H10BrCl2IO. The van der Waals surface area contributed by atoms with Crippen LogP contribution in [0.1, 0.15) is 17.2 Å². The van der Waals surface area contributed by atoms with Gasteiger partial charge in [-0.1, -0.05) is 45.2 Å². The van der Waals surface area contributed by atoms with Crippen molar-refractivity contribution >= 4 is 61.7 Å². The standard InChI is InChI=1S/C14H10BrCl2IO/c15-8-4-5-13(18)10(6-8)14(19)7-9-11(16)2-1-3-12(9)17/h1-6,14,19H,7H2. The quantitative estimate of drug-likeness (QED) is 0.575. The van der Waals surface area contributed by atoms with E-state index < -0.39 is 6.10 Å². The van der Waals surface area contributed by atoms with Crippen LogP contribution < -0.4 is 0 Å². The van der Waals surface area contributed by atoms with Crippen molar-refractivity contribution in [2.24, 2.45) is 0 Å². The molecule has 0 bridgehead atoms. The van der Waals surface area contributed by atoms with E-state index in [1.165, 1.54) is 0 Å². The summed E-state index contributed by atoms with van der Waals surface area (Å²) in [5.74, 6) is 0. The fraction of sp³-hybridized carbons (Fsp3) is 0.143. The van der Waals surface area contributed by atoms with E-state index >= 15 is 0 Å². The van der Waals surface area contributed by atoms with Crippen LogP contribution in [-0.2, 0) is 6.42 Å². The molecule has 5 heteroatoms. The Morgan fingerprint density at radius 3 is 2.42 bits per heavy atom. The van der Waals surface area contributed by atoms with Crippen molar-refractivity contribution in [1.29, 1.82) is 0 Å². The van der Waals surface area contributed by atoms with Crippen LogP contribution in [0.2, 0.25) is 10.0 Å². The van der Waals surface area contributed by atoms with E-state index in [-0.39, 0.29) is 0 Å². The zero-order valence-electron chi connectivity index (χ0n) is 9.71. The molecule has 1 nitrogen and oxygen atoms in total. The molecule has 0 fully saturated rings. The summed E-state index contributed by atoms with van der Waals surface area (Å²) in [4.78, 5) is 0. The van der Waals surface area contributed by atoms with Gasteiger partial charge >= 0.3 is 0 Å². The third kappa shape index (κ3) is 3.85. The number of hydrogen-bond acceptors (Lipinski definition) is 1. The van der Waals surface area contributed by atoms with Crippen molar-refractivity contribution in [3.63, 3.8) is 0 Å². The number of hydrogen-bond donors (Lipinski definition) is 1. The molecule has 2 aromatic rings. The predicted octanol–water partition coefficient (Wildman–Crippen LogP) is 5.64. The van der Waals surface area contributed by atoms with E-state index in [1.54, 1.807) is 18.2 Å². The Morgan fingerprint density at radius 1 is 1.16 bits per heavy atom. The van der Waals surface area contributed by atoms with E-state index in [4.69, 9.17) is 23.2 Å². The molecule has 0 radical (unpaired) electrons. The summed E-state index contributed by atoms with van der Waals surface area (Å²) in [5.41, 5.74) is 1.64. The summed E-state index contributed by atoms with van der Waals surface area (Å²) < 4.78 is 1.95. The number of halogens is 4. The Balaban J connectivity index is 2.31. The van der Waals surface area contributed by atoms with E-state index in [1.807, 2.05) is 18.2 Å². The SMILES string of the molecule is OC(Cc1c(Cl)cccc1Cl)c1cc(Br)ccc1I. The predicted molar refractivity (Wildman–Crippen MR) is 92.0 cm³/mol. The minimum atomic E-state index is -0.637. The molecule has 1 N–H and O–H groups in total. The molecule has 2 aromatic carbocycles. The van der Waals surface area contributed by atoms with E-state index in [0.717, 1.165) is 19.2 Å². The van der Waals surface area contributed by atoms with Crippen molar-refractivity contribution in [2.75, 3.05) is 0 Å². The molecule has 0 spiro atoms. The molecule has 0 amide bonds. The number of benzene rings is 2. The second-order valence-corrected chi connectivity index (χ2v) is 6.98. The summed E-state index contributed by atoms with van der Waals surface area (Å²) in [6.45, 7) is 0. The van der Waals surface area contributed by atoms with Gasteiger partial charge in [0, 0.05) is 24.5 Å².